The summed E-state index contributed by atoms with van der Waals surface area (Å²) >= 11 is 0. The average molecular weight is 318 g/mol. The Morgan fingerprint density at radius 2 is 2.00 bits per heavy atom. The van der Waals surface area contributed by atoms with Gasteiger partial charge in [-0.1, -0.05) is 12.1 Å². The van der Waals surface area contributed by atoms with E-state index in [2.05, 4.69) is 4.98 Å². The number of anilines is 1. The van der Waals surface area contributed by atoms with Crippen molar-refractivity contribution in [2.45, 2.75) is 30.7 Å². The van der Waals surface area contributed by atoms with Gasteiger partial charge in [0.15, 0.2) is 0 Å². The van der Waals surface area contributed by atoms with Crippen molar-refractivity contribution < 1.29 is 13.2 Å². The largest absolute Gasteiger partial charge is 0.495 e. The minimum Gasteiger partial charge on any atom is -0.495 e. The Morgan fingerprint density at radius 1 is 1.23 bits per heavy atom. The van der Waals surface area contributed by atoms with Crippen LogP contribution < -0.4 is 9.04 Å². The van der Waals surface area contributed by atoms with Gasteiger partial charge in [-0.3, -0.25) is 0 Å². The summed E-state index contributed by atoms with van der Waals surface area (Å²) in [5.74, 6) is 0.806. The van der Waals surface area contributed by atoms with Gasteiger partial charge in [-0.2, -0.15) is 0 Å². The van der Waals surface area contributed by atoms with E-state index in [0.717, 1.165) is 18.4 Å². The van der Waals surface area contributed by atoms with Gasteiger partial charge in [0.2, 0.25) is 0 Å². The normalized spacial score (nSPS) is 14.6. The molecule has 1 aliphatic rings. The van der Waals surface area contributed by atoms with E-state index in [1.807, 2.05) is 13.0 Å². The first-order valence-electron chi connectivity index (χ1n) is 7.14. The molecule has 0 saturated heterocycles. The lowest BCUT2D eigenvalue weighted by Gasteiger charge is -2.24. The fourth-order valence-electron chi connectivity index (χ4n) is 2.39. The molecule has 0 unspecified atom stereocenters. The summed E-state index contributed by atoms with van der Waals surface area (Å²) in [6.07, 6.45) is 3.31. The number of hydrogen-bond donors (Lipinski definition) is 0. The third-order valence-corrected chi connectivity index (χ3v) is 5.49. The zero-order chi connectivity index (χ0) is 15.7. The van der Waals surface area contributed by atoms with Gasteiger partial charge < -0.3 is 4.74 Å². The predicted octanol–water partition coefficient (Wildman–Crippen LogP) is 2.76. The highest BCUT2D eigenvalue weighted by Crippen LogP contribution is 2.38. The summed E-state index contributed by atoms with van der Waals surface area (Å²) in [7, 11) is -2.23. The van der Waals surface area contributed by atoms with Gasteiger partial charge in [-0.15, -0.1) is 0 Å². The Balaban J connectivity index is 2.13. The van der Waals surface area contributed by atoms with E-state index in [-0.39, 0.29) is 10.9 Å². The monoisotopic (exact) mass is 318 g/mol. The molecule has 1 aromatic heterocycles. The van der Waals surface area contributed by atoms with Crippen LogP contribution in [0.4, 0.5) is 5.82 Å². The van der Waals surface area contributed by atoms with Crippen LogP contribution in [0.2, 0.25) is 0 Å². The predicted molar refractivity (Wildman–Crippen MR) is 84.7 cm³/mol. The summed E-state index contributed by atoms with van der Waals surface area (Å²) < 4.78 is 33.0. The highest BCUT2D eigenvalue weighted by molar-refractivity contribution is 7.93. The molecule has 22 heavy (non-hydrogen) atoms. The minimum absolute atomic E-state index is 0.0230. The molecule has 0 spiro atoms. The van der Waals surface area contributed by atoms with Crippen molar-refractivity contribution in [3.63, 3.8) is 0 Å². The van der Waals surface area contributed by atoms with Crippen LogP contribution in [0.3, 0.4) is 0 Å². The zero-order valence-corrected chi connectivity index (χ0v) is 13.4. The highest BCUT2D eigenvalue weighted by atomic mass is 32.2. The number of ether oxygens (including phenoxy) is 1. The maximum atomic E-state index is 13.2. The second-order valence-corrected chi connectivity index (χ2v) is 7.16. The van der Waals surface area contributed by atoms with Gasteiger partial charge in [-0.05, 0) is 49.6 Å². The topological polar surface area (TPSA) is 59.5 Å². The van der Waals surface area contributed by atoms with Gasteiger partial charge in [0.05, 0.1) is 7.11 Å². The molecule has 3 rings (SSSR count). The number of methoxy groups -OCH3 is 1. The Hall–Kier alpha value is -2.08. The number of nitrogens with zero attached hydrogens (tertiary/aromatic N) is 2. The highest BCUT2D eigenvalue weighted by Gasteiger charge is 2.40. The van der Waals surface area contributed by atoms with Crippen molar-refractivity contribution in [3.8, 4) is 5.75 Å². The van der Waals surface area contributed by atoms with Crippen LogP contribution in [0, 0.1) is 6.92 Å². The molecular weight excluding hydrogens is 300 g/mol. The van der Waals surface area contributed by atoms with Crippen LogP contribution in [-0.4, -0.2) is 26.6 Å². The summed E-state index contributed by atoms with van der Waals surface area (Å²) in [6.45, 7) is 1.86. The van der Waals surface area contributed by atoms with E-state index < -0.39 is 10.0 Å². The first-order chi connectivity index (χ1) is 10.5. The molecule has 0 amide bonds. The number of rotatable bonds is 5. The fraction of sp³-hybridized carbons (Fsp3) is 0.312. The van der Waals surface area contributed by atoms with E-state index in [4.69, 9.17) is 4.74 Å². The van der Waals surface area contributed by atoms with Gasteiger partial charge >= 0.3 is 0 Å². The van der Waals surface area contributed by atoms with Crippen molar-refractivity contribution in [1.82, 2.24) is 4.98 Å². The molecule has 5 nitrogen and oxygen atoms in total. The van der Waals surface area contributed by atoms with Crippen LogP contribution in [0.15, 0.2) is 47.5 Å². The van der Waals surface area contributed by atoms with Gasteiger partial charge in [0.1, 0.15) is 16.5 Å². The van der Waals surface area contributed by atoms with Crippen LogP contribution >= 0.6 is 0 Å². The molecule has 0 radical (unpaired) electrons. The van der Waals surface area contributed by atoms with E-state index in [9.17, 15) is 8.42 Å². The standard InChI is InChI=1S/C16H18N2O3S/c1-12-6-9-14(21-2)15(11-12)22(19,20)18(13-7-8-13)16-5-3-4-10-17-16/h3-6,9-11,13H,7-8H2,1-2H3. The molecule has 116 valence electrons. The molecule has 1 saturated carbocycles. The van der Waals surface area contributed by atoms with Crippen molar-refractivity contribution in [1.29, 1.82) is 0 Å². The quantitative estimate of drug-likeness (QED) is 0.850. The number of aryl methyl sites for hydroxylation is 1. The Bertz CT molecular complexity index is 771. The molecular formula is C16H18N2O3S. The van der Waals surface area contributed by atoms with Gasteiger partial charge in [0, 0.05) is 12.2 Å². The number of sulfonamides is 1. The van der Waals surface area contributed by atoms with Crippen LogP contribution in [0.5, 0.6) is 5.75 Å². The van der Waals surface area contributed by atoms with Crippen molar-refractivity contribution in [3.05, 3.63) is 48.2 Å². The third-order valence-electron chi connectivity index (χ3n) is 3.61. The van der Waals surface area contributed by atoms with E-state index in [0.29, 0.717) is 11.6 Å². The average Bonchev–Trinajstić information content (AvgIpc) is 3.33. The number of benzene rings is 1. The number of pyridine rings is 1. The van der Waals surface area contributed by atoms with E-state index in [1.54, 1.807) is 36.5 Å². The molecule has 0 N–H and O–H groups in total. The molecule has 1 fully saturated rings. The molecule has 0 atom stereocenters. The summed E-state index contributed by atoms with van der Waals surface area (Å²) in [5, 5.41) is 0. The second-order valence-electron chi connectivity index (χ2n) is 5.37. The van der Waals surface area contributed by atoms with E-state index in [1.165, 1.54) is 11.4 Å². The lowest BCUT2D eigenvalue weighted by atomic mass is 10.2. The first kappa shape index (κ1) is 14.8. The second kappa shape index (κ2) is 5.61. The molecule has 6 heteroatoms. The fourth-order valence-corrected chi connectivity index (χ4v) is 4.30. The molecule has 0 bridgehead atoms. The summed E-state index contributed by atoms with van der Waals surface area (Å²) in [5.41, 5.74) is 0.871. The Morgan fingerprint density at radius 3 is 2.59 bits per heavy atom. The van der Waals surface area contributed by atoms with Gasteiger partial charge in [0.25, 0.3) is 10.0 Å². The smallest absolute Gasteiger partial charge is 0.269 e. The Kier molecular flexibility index (Phi) is 3.78. The van der Waals surface area contributed by atoms with Crippen molar-refractivity contribution >= 4 is 15.8 Å². The first-order valence-corrected chi connectivity index (χ1v) is 8.58. The van der Waals surface area contributed by atoms with Crippen LogP contribution in [0.25, 0.3) is 0 Å². The molecule has 1 aliphatic carbocycles. The molecule has 2 aromatic rings. The van der Waals surface area contributed by atoms with Crippen LogP contribution in [-0.2, 0) is 10.0 Å². The SMILES string of the molecule is COc1ccc(C)cc1S(=O)(=O)N(c1ccccn1)C1CC1. The third kappa shape index (κ3) is 2.66. The number of hydrogen-bond acceptors (Lipinski definition) is 4. The van der Waals surface area contributed by atoms with Gasteiger partial charge in [-0.25, -0.2) is 17.7 Å². The maximum absolute atomic E-state index is 13.2. The van der Waals surface area contributed by atoms with E-state index >= 15 is 0 Å². The molecule has 0 aliphatic heterocycles. The van der Waals surface area contributed by atoms with Crippen LogP contribution in [0.1, 0.15) is 18.4 Å². The Labute approximate surface area is 130 Å². The minimum atomic E-state index is -3.71. The van der Waals surface area contributed by atoms with Crippen molar-refractivity contribution in [2.24, 2.45) is 0 Å². The summed E-state index contributed by atoms with van der Waals surface area (Å²) in [6, 6.07) is 10.4. The number of aromatic nitrogens is 1. The van der Waals surface area contributed by atoms with Crippen molar-refractivity contribution in [2.75, 3.05) is 11.4 Å². The lowest BCUT2D eigenvalue weighted by Crippen LogP contribution is -2.34. The maximum Gasteiger partial charge on any atom is 0.269 e. The zero-order valence-electron chi connectivity index (χ0n) is 12.6. The lowest BCUT2D eigenvalue weighted by molar-refractivity contribution is 0.402. The molecule has 1 aromatic carbocycles. The molecule has 1 heterocycles. The summed E-state index contributed by atoms with van der Waals surface area (Å²) in [4.78, 5) is 4.40.